The number of carbonyl (C=O) groups excluding carboxylic acids is 7. The molecule has 1 aliphatic heterocycles. The van der Waals surface area contributed by atoms with Crippen LogP contribution in [0.25, 0.3) is 0 Å². The standard InChI is InChI=1S/C58H93N11O15S2/c1-32(2)47(67-52(74)42(64-39(9)70)23-20-30-62-54(59)68-85(77,78)49-33(3)31-45(81-15)34(4)36(49)6)53(75)66-43(21-17-18-28-63-56(76)84-57(10,11)12)51(73)65-41(44(71)24-25-46(72)82-16)22-19-29-61-55(60)69-86(79,80)50-37(7)35(5)48-40(38(50)8)26-27-58(13,14)83-48/h31-32,41-43,47H,17-30H2,1-16H3,(H,63,76)(H,64,70)(H,65,73)(H,66,75)(H,67,74)(H3,59,62,68)(H3,60,61,69)/t41-,42-,43-,47-/m0/s1. The molecule has 0 unspecified atom stereocenters. The van der Waals surface area contributed by atoms with Gasteiger partial charge in [0, 0.05) is 33.0 Å². The van der Waals surface area contributed by atoms with E-state index in [1.807, 2.05) is 13.8 Å². The van der Waals surface area contributed by atoms with Crippen molar-refractivity contribution in [1.82, 2.24) is 36.0 Å². The van der Waals surface area contributed by atoms with Crippen molar-refractivity contribution in [2.24, 2.45) is 27.4 Å². The Bertz CT molecular complexity index is 3100. The predicted molar refractivity (Wildman–Crippen MR) is 326 cm³/mol. The minimum Gasteiger partial charge on any atom is -0.496 e. The number of fused-ring (bicyclic) bond motifs is 1. The zero-order valence-electron chi connectivity index (χ0n) is 52.9. The van der Waals surface area contributed by atoms with Crippen molar-refractivity contribution in [2.75, 3.05) is 33.9 Å². The van der Waals surface area contributed by atoms with E-state index >= 15 is 0 Å². The van der Waals surface area contributed by atoms with Crippen LogP contribution in [0.15, 0.2) is 25.8 Å². The van der Waals surface area contributed by atoms with Gasteiger partial charge >= 0.3 is 12.1 Å². The molecule has 11 N–H and O–H groups in total. The topological polar surface area (TPSA) is 386 Å². The second-order valence-corrected chi connectivity index (χ2v) is 26.7. The third-order valence-electron chi connectivity index (χ3n) is 14.4. The van der Waals surface area contributed by atoms with Gasteiger partial charge in [0.05, 0.1) is 36.5 Å². The van der Waals surface area contributed by atoms with Gasteiger partial charge in [0.25, 0.3) is 20.0 Å². The third kappa shape index (κ3) is 21.9. The number of unbranched alkanes of at least 4 members (excludes halogenated alkanes) is 1. The summed E-state index contributed by atoms with van der Waals surface area (Å²) in [5, 5.41) is 13.3. The molecular formula is C58H93N11O15S2. The van der Waals surface area contributed by atoms with Crippen LogP contribution in [-0.4, -0.2) is 139 Å². The molecule has 0 aromatic heterocycles. The average molecular weight is 1250 g/mol. The molecule has 0 saturated carbocycles. The molecule has 1 heterocycles. The molecular weight excluding hydrogens is 1150 g/mol. The van der Waals surface area contributed by atoms with Gasteiger partial charge in [-0.05, 0) is 185 Å². The number of ether oxygens (including phenoxy) is 4. The maximum absolute atomic E-state index is 14.4. The Morgan fingerprint density at radius 2 is 1.21 bits per heavy atom. The number of rotatable bonds is 30. The number of nitrogens with one attached hydrogen (secondary N) is 7. The number of sulfonamides is 2. The molecule has 0 fully saturated rings. The molecule has 86 heavy (non-hydrogen) atoms. The number of carbonyl (C=O) groups is 7. The van der Waals surface area contributed by atoms with Gasteiger partial charge in [0.1, 0.15) is 40.8 Å². The number of aliphatic imine (C=N–C) groups is 2. The van der Waals surface area contributed by atoms with E-state index in [1.54, 1.807) is 82.2 Å². The maximum Gasteiger partial charge on any atom is 0.407 e. The van der Waals surface area contributed by atoms with Crippen LogP contribution in [0.3, 0.4) is 0 Å². The van der Waals surface area contributed by atoms with Gasteiger partial charge in [0.2, 0.25) is 35.5 Å². The van der Waals surface area contributed by atoms with Crippen LogP contribution in [0, 0.1) is 47.5 Å². The first kappa shape index (κ1) is 73.0. The molecule has 2 aromatic carbocycles. The first-order valence-electron chi connectivity index (χ1n) is 28.7. The zero-order valence-corrected chi connectivity index (χ0v) is 54.5. The number of aryl methyl sites for hydroxylation is 1. The summed E-state index contributed by atoms with van der Waals surface area (Å²) in [4.78, 5) is 102. The summed E-state index contributed by atoms with van der Waals surface area (Å²) < 4.78 is 81.0. The second kappa shape index (κ2) is 32.0. The summed E-state index contributed by atoms with van der Waals surface area (Å²) >= 11 is 0. The predicted octanol–water partition coefficient (Wildman–Crippen LogP) is 3.93. The van der Waals surface area contributed by atoms with Crippen LogP contribution >= 0.6 is 0 Å². The summed E-state index contributed by atoms with van der Waals surface area (Å²) in [6.45, 7) is 23.7. The lowest BCUT2D eigenvalue weighted by Gasteiger charge is -2.35. The van der Waals surface area contributed by atoms with Crippen LogP contribution in [0.1, 0.15) is 159 Å². The number of nitrogens with zero attached hydrogens (tertiary/aromatic N) is 2. The molecule has 5 amide bonds. The number of ketones is 1. The third-order valence-corrected chi connectivity index (χ3v) is 17.7. The van der Waals surface area contributed by atoms with Crippen molar-refractivity contribution in [3.05, 3.63) is 45.0 Å². The number of esters is 1. The van der Waals surface area contributed by atoms with Crippen molar-refractivity contribution < 1.29 is 69.3 Å². The summed E-state index contributed by atoms with van der Waals surface area (Å²) in [6, 6.07) is -3.49. The van der Waals surface area contributed by atoms with Crippen LogP contribution in [0.4, 0.5) is 4.79 Å². The normalized spacial score (nSPS) is 14.9. The molecule has 28 heteroatoms. The first-order chi connectivity index (χ1) is 39.9. The lowest BCUT2D eigenvalue weighted by atomic mass is 9.88. The Hall–Kier alpha value is -7.23. The number of amides is 5. The number of Topliss-reactive ketones (excluding diaryl/α,β-unsaturated/α-hetero) is 1. The fourth-order valence-electron chi connectivity index (χ4n) is 9.73. The molecule has 0 radical (unpaired) electrons. The lowest BCUT2D eigenvalue weighted by Crippen LogP contribution is -2.59. The number of hydrogen-bond donors (Lipinski definition) is 9. The van der Waals surface area contributed by atoms with Crippen LogP contribution in [0.5, 0.6) is 11.5 Å². The highest BCUT2D eigenvalue weighted by atomic mass is 32.2. The Morgan fingerprint density at radius 3 is 1.76 bits per heavy atom. The van der Waals surface area contributed by atoms with Crippen LogP contribution in [0.2, 0.25) is 0 Å². The van der Waals surface area contributed by atoms with E-state index < -0.39 is 115 Å². The number of nitrogens with two attached hydrogens (primary N) is 2. The van der Waals surface area contributed by atoms with E-state index in [-0.39, 0.29) is 80.8 Å². The molecule has 0 saturated heterocycles. The van der Waals surface area contributed by atoms with E-state index in [9.17, 15) is 50.4 Å². The summed E-state index contributed by atoms with van der Waals surface area (Å²) in [6.07, 6.45) is 0.605. The Morgan fingerprint density at radius 1 is 0.686 bits per heavy atom. The van der Waals surface area contributed by atoms with Crippen molar-refractivity contribution in [1.29, 1.82) is 0 Å². The van der Waals surface area contributed by atoms with E-state index in [1.165, 1.54) is 14.0 Å². The van der Waals surface area contributed by atoms with E-state index in [4.69, 9.17) is 30.4 Å². The molecule has 3 rings (SSSR count). The number of guanidine groups is 2. The highest BCUT2D eigenvalue weighted by molar-refractivity contribution is 7.90. The van der Waals surface area contributed by atoms with Gasteiger partial charge in [-0.25, -0.2) is 31.1 Å². The number of methoxy groups -OCH3 is 2. The smallest absolute Gasteiger partial charge is 0.407 e. The summed E-state index contributed by atoms with van der Waals surface area (Å²) in [5.41, 5.74) is 15.0. The molecule has 1 aliphatic rings. The van der Waals surface area contributed by atoms with E-state index in [0.29, 0.717) is 64.1 Å². The largest absolute Gasteiger partial charge is 0.496 e. The van der Waals surface area contributed by atoms with Crippen molar-refractivity contribution in [2.45, 2.75) is 213 Å². The monoisotopic (exact) mass is 1250 g/mol. The maximum atomic E-state index is 14.4. The van der Waals surface area contributed by atoms with Gasteiger partial charge in [-0.3, -0.25) is 38.8 Å². The quantitative estimate of drug-likeness (QED) is 0.0231. The first-order valence-corrected chi connectivity index (χ1v) is 31.7. The molecule has 0 aliphatic carbocycles. The molecule has 26 nitrogen and oxygen atoms in total. The number of alkyl carbamates (subject to hydrolysis) is 1. The zero-order chi connectivity index (χ0) is 65.2. The van der Waals surface area contributed by atoms with Gasteiger partial charge in [-0.15, -0.1) is 0 Å². The van der Waals surface area contributed by atoms with Gasteiger partial charge in [0.15, 0.2) is 5.78 Å². The highest BCUT2D eigenvalue weighted by Crippen LogP contribution is 2.42. The Balaban J connectivity index is 1.84. The Kier molecular flexibility index (Phi) is 27.1. The summed E-state index contributed by atoms with van der Waals surface area (Å²) in [5.74, 6) is -4.40. The van der Waals surface area contributed by atoms with Crippen molar-refractivity contribution >= 4 is 73.4 Å². The van der Waals surface area contributed by atoms with Crippen molar-refractivity contribution in [3.8, 4) is 11.5 Å². The van der Waals surface area contributed by atoms with Gasteiger partial charge < -0.3 is 57.0 Å². The SMILES string of the molecule is COC(=O)CCC(=O)[C@H](CCCN=C(N)NS(=O)(=O)c1c(C)c(C)c2c(c1C)CCC(C)(C)O2)NC(=O)[C@H](CCCCNC(=O)OC(C)(C)C)NC(=O)[C@@H](NC(=O)[C@H](CCCN=C(N)NS(=O)(=O)c1c(C)cc(OC)c(C)c1C)NC(C)=O)C(C)C. The van der Waals surface area contributed by atoms with E-state index in [2.05, 4.69) is 46.0 Å². The fourth-order valence-corrected chi connectivity index (χ4v) is 12.7. The minimum atomic E-state index is -4.25. The fraction of sp³-hybridized carbons (Fsp3) is 0.638. The summed E-state index contributed by atoms with van der Waals surface area (Å²) in [7, 11) is -5.78. The van der Waals surface area contributed by atoms with E-state index in [0.717, 1.165) is 12.7 Å². The molecule has 0 spiro atoms. The number of benzene rings is 2. The van der Waals surface area contributed by atoms with Crippen LogP contribution in [-0.2, 0) is 64.7 Å². The minimum absolute atomic E-state index is 0.0149. The van der Waals surface area contributed by atoms with Gasteiger partial charge in [-0.2, -0.15) is 0 Å². The van der Waals surface area contributed by atoms with Gasteiger partial charge in [-0.1, -0.05) is 13.8 Å². The van der Waals surface area contributed by atoms with Crippen molar-refractivity contribution in [3.63, 3.8) is 0 Å². The average Bonchev–Trinajstić information content (AvgIpc) is 0.806. The molecule has 2 aromatic rings. The Labute approximate surface area is 507 Å². The molecule has 482 valence electrons. The molecule has 4 atom stereocenters. The molecule has 0 bridgehead atoms. The van der Waals surface area contributed by atoms with Crippen LogP contribution < -0.4 is 57.0 Å². The highest BCUT2D eigenvalue weighted by Gasteiger charge is 2.36. The number of hydrogen-bond acceptors (Lipinski definition) is 17. The lowest BCUT2D eigenvalue weighted by molar-refractivity contribution is -0.142. The second-order valence-electron chi connectivity index (χ2n) is 23.5.